The molecule has 0 amide bonds. The van der Waals surface area contributed by atoms with Gasteiger partial charge in [-0.2, -0.15) is 0 Å². The molecule has 0 atom stereocenters. The quantitative estimate of drug-likeness (QED) is 0.152. The first kappa shape index (κ1) is 26.2. The van der Waals surface area contributed by atoms with Crippen LogP contribution in [0.15, 0.2) is 77.8 Å². The van der Waals surface area contributed by atoms with E-state index in [-0.39, 0.29) is 22.6 Å². The average Bonchev–Trinajstić information content (AvgIpc) is 2.88. The number of thioether (sulfide) groups is 1. The molecule has 0 saturated heterocycles. The minimum atomic E-state index is -0.487. The molecule has 190 valence electrons. The molecule has 0 aromatic heterocycles. The molecule has 1 N–H and O–H groups in total. The van der Waals surface area contributed by atoms with Crippen LogP contribution in [0.4, 0.5) is 11.4 Å². The number of aliphatic imine (C=N–C) groups is 1. The van der Waals surface area contributed by atoms with E-state index in [1.807, 2.05) is 24.3 Å². The van der Waals surface area contributed by atoms with Crippen molar-refractivity contribution in [3.63, 3.8) is 0 Å². The van der Waals surface area contributed by atoms with E-state index in [9.17, 15) is 14.9 Å². The lowest BCUT2D eigenvalue weighted by atomic mass is 9.87. The molecule has 1 aliphatic heterocycles. The first-order valence-electron chi connectivity index (χ1n) is 12.0. The molecule has 0 bridgehead atoms. The SMILES string of the molecule is CC(C)(C)c1ccc(Oc2ccc(/C=C/C(=O)c3ccc(NC4=NCCCS4)cc3)cc2[N+](=O)[O-])cc1. The van der Waals surface area contributed by atoms with Crippen LogP contribution in [0.1, 0.15) is 48.7 Å². The molecular formula is C29H29N3O4S. The number of nitro groups is 1. The number of anilines is 1. The zero-order valence-electron chi connectivity index (χ0n) is 21.1. The molecule has 3 aromatic carbocycles. The van der Waals surface area contributed by atoms with Gasteiger partial charge in [0.05, 0.1) is 4.92 Å². The highest BCUT2D eigenvalue weighted by molar-refractivity contribution is 8.14. The van der Waals surface area contributed by atoms with E-state index < -0.39 is 4.92 Å². The van der Waals surface area contributed by atoms with Gasteiger partial charge in [0.15, 0.2) is 11.0 Å². The summed E-state index contributed by atoms with van der Waals surface area (Å²) < 4.78 is 5.81. The molecule has 0 spiro atoms. The first-order valence-corrected chi connectivity index (χ1v) is 13.0. The molecule has 1 heterocycles. The van der Waals surface area contributed by atoms with E-state index in [0.717, 1.165) is 35.1 Å². The molecule has 37 heavy (non-hydrogen) atoms. The maximum atomic E-state index is 12.7. The van der Waals surface area contributed by atoms with Crippen LogP contribution in [0.5, 0.6) is 11.5 Å². The van der Waals surface area contributed by atoms with E-state index in [2.05, 4.69) is 31.1 Å². The summed E-state index contributed by atoms with van der Waals surface area (Å²) >= 11 is 1.68. The Morgan fingerprint density at radius 1 is 1.08 bits per heavy atom. The monoisotopic (exact) mass is 515 g/mol. The number of carbonyl (C=O) groups is 1. The topological polar surface area (TPSA) is 93.8 Å². The number of nitrogens with zero attached hydrogens (tertiary/aromatic N) is 2. The van der Waals surface area contributed by atoms with Gasteiger partial charge < -0.3 is 10.1 Å². The van der Waals surface area contributed by atoms with Crippen molar-refractivity contribution in [1.29, 1.82) is 0 Å². The normalized spacial score (nSPS) is 13.8. The van der Waals surface area contributed by atoms with E-state index >= 15 is 0 Å². The zero-order valence-corrected chi connectivity index (χ0v) is 21.9. The number of nitro benzene ring substituents is 1. The van der Waals surface area contributed by atoms with Crippen molar-refractivity contribution < 1.29 is 14.5 Å². The van der Waals surface area contributed by atoms with Gasteiger partial charge in [0.2, 0.25) is 5.75 Å². The van der Waals surface area contributed by atoms with Crippen molar-refractivity contribution in [3.05, 3.63) is 99.6 Å². The predicted molar refractivity (Wildman–Crippen MR) is 151 cm³/mol. The van der Waals surface area contributed by atoms with Crippen LogP contribution in [0.3, 0.4) is 0 Å². The average molecular weight is 516 g/mol. The van der Waals surface area contributed by atoms with E-state index in [0.29, 0.717) is 16.9 Å². The lowest BCUT2D eigenvalue weighted by Gasteiger charge is -2.19. The third-order valence-corrected chi connectivity index (χ3v) is 6.77. The fourth-order valence-electron chi connectivity index (χ4n) is 3.66. The maximum Gasteiger partial charge on any atom is 0.312 e. The molecule has 3 aromatic rings. The highest BCUT2D eigenvalue weighted by atomic mass is 32.2. The van der Waals surface area contributed by atoms with Crippen molar-refractivity contribution in [2.45, 2.75) is 32.6 Å². The largest absolute Gasteiger partial charge is 0.450 e. The summed E-state index contributed by atoms with van der Waals surface area (Å²) in [7, 11) is 0. The summed E-state index contributed by atoms with van der Waals surface area (Å²) in [6.07, 6.45) is 4.06. The summed E-state index contributed by atoms with van der Waals surface area (Å²) in [6.45, 7) is 7.17. The van der Waals surface area contributed by atoms with Crippen LogP contribution in [0, 0.1) is 10.1 Å². The van der Waals surface area contributed by atoms with E-state index in [4.69, 9.17) is 4.74 Å². The molecule has 0 saturated carbocycles. The number of ether oxygens (including phenoxy) is 1. The fraction of sp³-hybridized carbons (Fsp3) is 0.241. The number of benzene rings is 3. The third-order valence-electron chi connectivity index (χ3n) is 5.77. The number of amidine groups is 1. The Balaban J connectivity index is 1.44. The second kappa shape index (κ2) is 11.4. The molecule has 7 nitrogen and oxygen atoms in total. The Bertz CT molecular complexity index is 1340. The Kier molecular flexibility index (Phi) is 8.08. The van der Waals surface area contributed by atoms with Gasteiger partial charge in [0, 0.05) is 29.6 Å². The van der Waals surface area contributed by atoms with Gasteiger partial charge in [0.25, 0.3) is 0 Å². The van der Waals surface area contributed by atoms with Gasteiger partial charge in [-0.3, -0.25) is 19.9 Å². The molecule has 8 heteroatoms. The minimum Gasteiger partial charge on any atom is -0.450 e. The van der Waals surface area contributed by atoms with Crippen molar-refractivity contribution in [2.24, 2.45) is 4.99 Å². The summed E-state index contributed by atoms with van der Waals surface area (Å²) in [5.41, 5.74) is 2.89. The Morgan fingerprint density at radius 2 is 1.81 bits per heavy atom. The smallest absolute Gasteiger partial charge is 0.312 e. The fourth-order valence-corrected chi connectivity index (χ4v) is 4.50. The van der Waals surface area contributed by atoms with E-state index in [1.165, 1.54) is 12.1 Å². The van der Waals surface area contributed by atoms with Crippen molar-refractivity contribution in [1.82, 2.24) is 0 Å². The van der Waals surface area contributed by atoms with Gasteiger partial charge in [-0.15, -0.1) is 0 Å². The first-order chi connectivity index (χ1) is 17.7. The van der Waals surface area contributed by atoms with Gasteiger partial charge in [-0.25, -0.2) is 0 Å². The van der Waals surface area contributed by atoms with Crippen molar-refractivity contribution in [3.8, 4) is 11.5 Å². The van der Waals surface area contributed by atoms with E-state index in [1.54, 1.807) is 54.2 Å². The summed E-state index contributed by atoms with van der Waals surface area (Å²) in [4.78, 5) is 28.3. The van der Waals surface area contributed by atoms with Crippen molar-refractivity contribution >= 4 is 40.2 Å². The number of rotatable bonds is 7. The number of hydrogen-bond acceptors (Lipinski definition) is 7. The number of ketones is 1. The van der Waals surface area contributed by atoms with Crippen LogP contribution in [0.2, 0.25) is 0 Å². The van der Waals surface area contributed by atoms with Gasteiger partial charge in [-0.1, -0.05) is 56.8 Å². The second-order valence-electron chi connectivity index (χ2n) is 9.65. The third kappa shape index (κ3) is 7.07. The number of allylic oxidation sites excluding steroid dienone is 1. The highest BCUT2D eigenvalue weighted by Crippen LogP contribution is 2.33. The predicted octanol–water partition coefficient (Wildman–Crippen LogP) is 7.49. The summed E-state index contributed by atoms with van der Waals surface area (Å²) in [5, 5.41) is 15.9. The highest BCUT2D eigenvalue weighted by Gasteiger charge is 2.18. The summed E-state index contributed by atoms with van der Waals surface area (Å²) in [6, 6.07) is 19.3. The molecule has 0 aliphatic carbocycles. The van der Waals surface area contributed by atoms with Crippen LogP contribution in [-0.2, 0) is 5.41 Å². The Hall–Kier alpha value is -3.91. The minimum absolute atomic E-state index is 0.00173. The lowest BCUT2D eigenvalue weighted by molar-refractivity contribution is -0.385. The van der Waals surface area contributed by atoms with Crippen molar-refractivity contribution in [2.75, 3.05) is 17.6 Å². The standard InChI is InChI=1S/C29H29N3O4S/c1-29(2,3)22-9-13-24(14-10-22)36-27-16-6-20(19-25(27)32(34)35)5-15-26(33)21-7-11-23(12-8-21)31-28-30-17-4-18-37-28/h5-16,19H,4,17-18H2,1-3H3,(H,30,31)/b15-5+. The van der Waals surface area contributed by atoms with Gasteiger partial charge >= 0.3 is 5.69 Å². The Morgan fingerprint density at radius 3 is 2.43 bits per heavy atom. The van der Waals surface area contributed by atoms with Crippen LogP contribution in [0.25, 0.3) is 6.08 Å². The number of carbonyl (C=O) groups excluding carboxylic acids is 1. The molecule has 1 aliphatic rings. The number of hydrogen-bond donors (Lipinski definition) is 1. The number of nitrogens with one attached hydrogen (secondary N) is 1. The maximum absolute atomic E-state index is 12.7. The molecule has 0 fully saturated rings. The Labute approximate surface area is 220 Å². The van der Waals surface area contributed by atoms with Crippen LogP contribution >= 0.6 is 11.8 Å². The summed E-state index contributed by atoms with van der Waals surface area (Å²) in [5.74, 6) is 1.50. The molecule has 0 unspecified atom stereocenters. The van der Waals surface area contributed by atoms with Gasteiger partial charge in [-0.05, 0) is 71.5 Å². The second-order valence-corrected chi connectivity index (χ2v) is 10.7. The molecular weight excluding hydrogens is 486 g/mol. The molecule has 0 radical (unpaired) electrons. The van der Waals surface area contributed by atoms with Gasteiger partial charge in [0.1, 0.15) is 5.75 Å². The lowest BCUT2D eigenvalue weighted by Crippen LogP contribution is -2.13. The van der Waals surface area contributed by atoms with Crippen LogP contribution in [-0.4, -0.2) is 28.2 Å². The zero-order chi connectivity index (χ0) is 26.4. The molecule has 4 rings (SSSR count). The van der Waals surface area contributed by atoms with Crippen LogP contribution < -0.4 is 10.1 Å².